The van der Waals surface area contributed by atoms with Gasteiger partial charge in [-0.15, -0.1) is 0 Å². The van der Waals surface area contributed by atoms with Crippen LogP contribution in [0, 0.1) is 0 Å². The number of amides is 2. The maximum atomic E-state index is 12.7. The number of hydrogen-bond acceptors (Lipinski definition) is 3. The van der Waals surface area contributed by atoms with Crippen LogP contribution >= 0.6 is 0 Å². The second kappa shape index (κ2) is 7.21. The third kappa shape index (κ3) is 3.61. The lowest BCUT2D eigenvalue weighted by atomic mass is 10.0. The Morgan fingerprint density at radius 2 is 2.09 bits per heavy atom. The second-order valence-corrected chi connectivity index (χ2v) is 6.41. The largest absolute Gasteiger partial charge is 0.497 e. The monoisotopic (exact) mass is 318 g/mol. The zero-order chi connectivity index (χ0) is 16.2. The second-order valence-electron chi connectivity index (χ2n) is 6.41. The van der Waals surface area contributed by atoms with E-state index in [-0.39, 0.29) is 24.2 Å². The molecule has 2 fully saturated rings. The molecular formula is C18H26N2O3. The highest BCUT2D eigenvalue weighted by atomic mass is 16.5. The highest BCUT2D eigenvalue weighted by Gasteiger charge is 2.32. The fourth-order valence-electron chi connectivity index (χ4n) is 3.55. The van der Waals surface area contributed by atoms with Crippen LogP contribution in [0.1, 0.15) is 44.2 Å². The van der Waals surface area contributed by atoms with Crippen LogP contribution in [0.5, 0.6) is 5.75 Å². The van der Waals surface area contributed by atoms with E-state index in [9.17, 15) is 4.79 Å². The van der Waals surface area contributed by atoms with Crippen molar-refractivity contribution in [1.82, 2.24) is 10.2 Å². The summed E-state index contributed by atoms with van der Waals surface area (Å²) < 4.78 is 10.9. The van der Waals surface area contributed by atoms with Crippen LogP contribution in [-0.2, 0) is 4.74 Å². The first-order valence-corrected chi connectivity index (χ1v) is 8.51. The van der Waals surface area contributed by atoms with Gasteiger partial charge in [0.25, 0.3) is 0 Å². The number of nitrogens with zero attached hydrogens (tertiary/aromatic N) is 1. The van der Waals surface area contributed by atoms with Crippen molar-refractivity contribution < 1.29 is 14.3 Å². The zero-order valence-electron chi connectivity index (χ0n) is 14.0. The first-order chi connectivity index (χ1) is 11.2. The number of carbonyl (C=O) groups is 1. The molecule has 0 aliphatic carbocycles. The predicted molar refractivity (Wildman–Crippen MR) is 88.6 cm³/mol. The van der Waals surface area contributed by atoms with Crippen molar-refractivity contribution in [3.8, 4) is 5.75 Å². The Bertz CT molecular complexity index is 526. The number of urea groups is 1. The molecule has 1 aromatic carbocycles. The standard InChI is InChI=1S/C18H26N2O3/c1-13(17-6-4-12-23-17)19-18(21)20-11-3-5-16(20)14-7-9-15(22-2)10-8-14/h7-10,13,16-17H,3-6,11-12H2,1-2H3,(H,19,21). The van der Waals surface area contributed by atoms with Crippen LogP contribution in [0.2, 0.25) is 0 Å². The van der Waals surface area contributed by atoms with Gasteiger partial charge in [-0.25, -0.2) is 4.79 Å². The van der Waals surface area contributed by atoms with Crippen molar-refractivity contribution in [3.05, 3.63) is 29.8 Å². The van der Waals surface area contributed by atoms with Crippen molar-refractivity contribution in [1.29, 1.82) is 0 Å². The number of hydrogen-bond donors (Lipinski definition) is 1. The highest BCUT2D eigenvalue weighted by molar-refractivity contribution is 5.75. The normalized spacial score (nSPS) is 25.4. The lowest BCUT2D eigenvalue weighted by molar-refractivity contribution is 0.0829. The van der Waals surface area contributed by atoms with E-state index >= 15 is 0 Å². The van der Waals surface area contributed by atoms with E-state index < -0.39 is 0 Å². The molecule has 0 aromatic heterocycles. The molecule has 5 nitrogen and oxygen atoms in total. The molecule has 0 bridgehead atoms. The van der Waals surface area contributed by atoms with Gasteiger partial charge in [0, 0.05) is 13.2 Å². The van der Waals surface area contributed by atoms with E-state index in [4.69, 9.17) is 9.47 Å². The van der Waals surface area contributed by atoms with Gasteiger partial charge >= 0.3 is 6.03 Å². The van der Waals surface area contributed by atoms with Crippen LogP contribution in [0.3, 0.4) is 0 Å². The molecule has 2 saturated heterocycles. The summed E-state index contributed by atoms with van der Waals surface area (Å²) in [5, 5.41) is 3.12. The van der Waals surface area contributed by atoms with E-state index in [0.29, 0.717) is 0 Å². The van der Waals surface area contributed by atoms with Crippen molar-refractivity contribution in [2.75, 3.05) is 20.3 Å². The zero-order valence-corrected chi connectivity index (χ0v) is 14.0. The molecule has 1 aromatic rings. The van der Waals surface area contributed by atoms with E-state index in [1.807, 2.05) is 24.0 Å². The summed E-state index contributed by atoms with van der Waals surface area (Å²) in [5.41, 5.74) is 1.17. The van der Waals surface area contributed by atoms with E-state index in [2.05, 4.69) is 17.4 Å². The Morgan fingerprint density at radius 3 is 2.74 bits per heavy atom. The van der Waals surface area contributed by atoms with Gasteiger partial charge in [-0.2, -0.15) is 0 Å². The number of carbonyl (C=O) groups excluding carboxylic acids is 1. The molecule has 0 spiro atoms. The average molecular weight is 318 g/mol. The fraction of sp³-hybridized carbons (Fsp3) is 0.611. The summed E-state index contributed by atoms with van der Waals surface area (Å²) in [5.74, 6) is 0.842. The number of ether oxygens (including phenoxy) is 2. The molecule has 0 saturated carbocycles. The van der Waals surface area contributed by atoms with Gasteiger partial charge in [-0.3, -0.25) is 0 Å². The fourth-order valence-corrected chi connectivity index (χ4v) is 3.55. The van der Waals surface area contributed by atoms with Gasteiger partial charge < -0.3 is 19.7 Å². The van der Waals surface area contributed by atoms with Crippen molar-refractivity contribution >= 4 is 6.03 Å². The number of nitrogens with one attached hydrogen (secondary N) is 1. The third-order valence-corrected chi connectivity index (χ3v) is 4.89. The predicted octanol–water partition coefficient (Wildman–Crippen LogP) is 3.11. The molecule has 0 radical (unpaired) electrons. The molecule has 126 valence electrons. The molecule has 3 rings (SSSR count). The Morgan fingerprint density at radius 1 is 1.30 bits per heavy atom. The number of rotatable bonds is 4. The molecule has 3 unspecified atom stereocenters. The summed E-state index contributed by atoms with van der Waals surface area (Å²) >= 11 is 0. The van der Waals surface area contributed by atoms with E-state index in [1.165, 1.54) is 5.56 Å². The number of likely N-dealkylation sites (tertiary alicyclic amines) is 1. The highest BCUT2D eigenvalue weighted by Crippen LogP contribution is 2.32. The molecule has 3 atom stereocenters. The van der Waals surface area contributed by atoms with Gasteiger partial charge in [0.2, 0.25) is 0 Å². The van der Waals surface area contributed by atoms with Gasteiger partial charge in [0.1, 0.15) is 5.75 Å². The van der Waals surface area contributed by atoms with Crippen LogP contribution in [0.15, 0.2) is 24.3 Å². The summed E-state index contributed by atoms with van der Waals surface area (Å²) in [6.07, 6.45) is 4.32. The van der Waals surface area contributed by atoms with E-state index in [0.717, 1.165) is 44.6 Å². The molecule has 2 aliphatic heterocycles. The Kier molecular flexibility index (Phi) is 5.06. The molecule has 5 heteroatoms. The van der Waals surface area contributed by atoms with Gasteiger partial charge in [-0.05, 0) is 50.3 Å². The molecule has 2 aliphatic rings. The first-order valence-electron chi connectivity index (χ1n) is 8.51. The number of benzene rings is 1. The number of methoxy groups -OCH3 is 1. The molecule has 23 heavy (non-hydrogen) atoms. The summed E-state index contributed by atoms with van der Waals surface area (Å²) in [7, 11) is 1.66. The summed E-state index contributed by atoms with van der Waals surface area (Å²) in [4.78, 5) is 14.6. The van der Waals surface area contributed by atoms with Crippen LogP contribution in [0.25, 0.3) is 0 Å². The first kappa shape index (κ1) is 16.1. The topological polar surface area (TPSA) is 50.8 Å². The third-order valence-electron chi connectivity index (χ3n) is 4.89. The van der Waals surface area contributed by atoms with Crippen LogP contribution in [-0.4, -0.2) is 43.3 Å². The van der Waals surface area contributed by atoms with Crippen LogP contribution in [0.4, 0.5) is 4.79 Å². The average Bonchev–Trinajstić information content (AvgIpc) is 3.26. The molecule has 1 N–H and O–H groups in total. The quantitative estimate of drug-likeness (QED) is 0.928. The SMILES string of the molecule is COc1ccc(C2CCCN2C(=O)NC(C)C2CCCO2)cc1. The van der Waals surface area contributed by atoms with Gasteiger partial charge in [-0.1, -0.05) is 12.1 Å². The Balaban J connectivity index is 1.64. The molecular weight excluding hydrogens is 292 g/mol. The van der Waals surface area contributed by atoms with Crippen LogP contribution < -0.4 is 10.1 Å². The minimum absolute atomic E-state index is 0.0197. The Hall–Kier alpha value is -1.75. The van der Waals surface area contributed by atoms with E-state index in [1.54, 1.807) is 7.11 Å². The summed E-state index contributed by atoms with van der Waals surface area (Å²) in [6, 6.07) is 8.25. The van der Waals surface area contributed by atoms with Crippen molar-refractivity contribution in [2.45, 2.75) is 50.8 Å². The lowest BCUT2D eigenvalue weighted by Crippen LogP contribution is -2.47. The molecule has 2 heterocycles. The van der Waals surface area contributed by atoms with Gasteiger partial charge in [0.05, 0.1) is 25.3 Å². The lowest BCUT2D eigenvalue weighted by Gasteiger charge is -2.28. The van der Waals surface area contributed by atoms with Crippen molar-refractivity contribution in [2.24, 2.45) is 0 Å². The smallest absolute Gasteiger partial charge is 0.318 e. The minimum atomic E-state index is 0.0197. The van der Waals surface area contributed by atoms with Crippen molar-refractivity contribution in [3.63, 3.8) is 0 Å². The minimum Gasteiger partial charge on any atom is -0.497 e. The summed E-state index contributed by atoms with van der Waals surface area (Å²) in [6.45, 7) is 3.65. The maximum Gasteiger partial charge on any atom is 0.318 e. The van der Waals surface area contributed by atoms with Gasteiger partial charge in [0.15, 0.2) is 0 Å². The Labute approximate surface area is 137 Å². The maximum absolute atomic E-state index is 12.7. The molecule has 2 amide bonds.